The number of imidazole rings is 1. The van der Waals surface area contributed by atoms with Crippen LogP contribution in [0.1, 0.15) is 12.2 Å². The SMILES string of the molecule is Nc1cc(Cl)ccc1NCCCc1ncc[nH]1. The number of aromatic nitrogens is 2. The molecule has 90 valence electrons. The maximum Gasteiger partial charge on any atom is 0.106 e. The Morgan fingerprint density at radius 1 is 1.41 bits per heavy atom. The van der Waals surface area contributed by atoms with Crippen LogP contribution >= 0.6 is 11.6 Å². The maximum atomic E-state index is 5.83. The summed E-state index contributed by atoms with van der Waals surface area (Å²) in [6.07, 6.45) is 5.52. The van der Waals surface area contributed by atoms with Crippen LogP contribution in [0.5, 0.6) is 0 Å². The molecule has 0 unspecified atom stereocenters. The van der Waals surface area contributed by atoms with Crippen molar-refractivity contribution < 1.29 is 0 Å². The number of nitrogens with zero attached hydrogens (tertiary/aromatic N) is 1. The van der Waals surface area contributed by atoms with E-state index in [9.17, 15) is 0 Å². The molecule has 17 heavy (non-hydrogen) atoms. The number of H-pyrrole nitrogens is 1. The Morgan fingerprint density at radius 2 is 2.29 bits per heavy atom. The van der Waals surface area contributed by atoms with Crippen LogP contribution in [-0.4, -0.2) is 16.5 Å². The van der Waals surface area contributed by atoms with Gasteiger partial charge in [0.1, 0.15) is 5.82 Å². The van der Waals surface area contributed by atoms with Crippen molar-refractivity contribution in [2.45, 2.75) is 12.8 Å². The molecule has 0 spiro atoms. The van der Waals surface area contributed by atoms with Gasteiger partial charge < -0.3 is 16.0 Å². The van der Waals surface area contributed by atoms with E-state index in [4.69, 9.17) is 17.3 Å². The molecule has 0 aliphatic heterocycles. The number of aromatic amines is 1. The Bertz CT molecular complexity index is 467. The number of rotatable bonds is 5. The molecule has 0 aliphatic carbocycles. The highest BCUT2D eigenvalue weighted by atomic mass is 35.5. The Hall–Kier alpha value is -1.68. The van der Waals surface area contributed by atoms with E-state index in [0.29, 0.717) is 10.7 Å². The first-order valence-corrected chi connectivity index (χ1v) is 5.90. The van der Waals surface area contributed by atoms with Gasteiger partial charge in [-0.15, -0.1) is 0 Å². The van der Waals surface area contributed by atoms with Gasteiger partial charge in [0.2, 0.25) is 0 Å². The number of benzene rings is 1. The lowest BCUT2D eigenvalue weighted by molar-refractivity contribution is 0.817. The Morgan fingerprint density at radius 3 is 3.00 bits per heavy atom. The molecule has 2 aromatic rings. The van der Waals surface area contributed by atoms with Gasteiger partial charge in [0.15, 0.2) is 0 Å². The van der Waals surface area contributed by atoms with Crippen LogP contribution in [0.4, 0.5) is 11.4 Å². The van der Waals surface area contributed by atoms with Crippen LogP contribution in [0, 0.1) is 0 Å². The van der Waals surface area contributed by atoms with Crippen molar-refractivity contribution in [1.82, 2.24) is 9.97 Å². The van der Waals surface area contributed by atoms with Crippen LogP contribution < -0.4 is 11.1 Å². The van der Waals surface area contributed by atoms with Gasteiger partial charge in [0.05, 0.1) is 11.4 Å². The van der Waals surface area contributed by atoms with Crippen molar-refractivity contribution >= 4 is 23.0 Å². The van der Waals surface area contributed by atoms with E-state index < -0.39 is 0 Å². The standard InChI is InChI=1S/C12H15ClN4/c13-9-3-4-11(10(14)8-9)15-5-1-2-12-16-6-7-17-12/h3-4,6-8,15H,1-2,5,14H2,(H,16,17). The minimum atomic E-state index is 0.656. The molecule has 0 saturated carbocycles. The third kappa shape index (κ3) is 3.39. The number of anilines is 2. The molecule has 0 atom stereocenters. The average molecular weight is 251 g/mol. The molecule has 0 aliphatic rings. The second kappa shape index (κ2) is 5.59. The number of aryl methyl sites for hydroxylation is 1. The molecule has 1 aromatic carbocycles. The molecule has 0 radical (unpaired) electrons. The number of nitrogen functional groups attached to an aromatic ring is 1. The molecule has 0 saturated heterocycles. The van der Waals surface area contributed by atoms with E-state index in [1.54, 1.807) is 12.3 Å². The number of hydrogen-bond donors (Lipinski definition) is 3. The second-order valence-corrected chi connectivity index (χ2v) is 4.23. The number of hydrogen-bond acceptors (Lipinski definition) is 3. The minimum absolute atomic E-state index is 0.656. The quantitative estimate of drug-likeness (QED) is 0.565. The predicted molar refractivity (Wildman–Crippen MR) is 71.3 cm³/mol. The fourth-order valence-electron chi connectivity index (χ4n) is 1.61. The van der Waals surface area contributed by atoms with E-state index in [1.807, 2.05) is 18.3 Å². The van der Waals surface area contributed by atoms with Gasteiger partial charge >= 0.3 is 0 Å². The largest absolute Gasteiger partial charge is 0.397 e. The molecule has 4 nitrogen and oxygen atoms in total. The molecule has 4 N–H and O–H groups in total. The van der Waals surface area contributed by atoms with E-state index in [2.05, 4.69) is 15.3 Å². The summed E-state index contributed by atoms with van der Waals surface area (Å²) in [7, 11) is 0. The summed E-state index contributed by atoms with van der Waals surface area (Å²) in [6.45, 7) is 0.854. The number of nitrogens with one attached hydrogen (secondary N) is 2. The van der Waals surface area contributed by atoms with Crippen molar-refractivity contribution in [2.75, 3.05) is 17.6 Å². The second-order valence-electron chi connectivity index (χ2n) is 3.80. The topological polar surface area (TPSA) is 66.7 Å². The first-order valence-electron chi connectivity index (χ1n) is 5.53. The zero-order chi connectivity index (χ0) is 12.1. The lowest BCUT2D eigenvalue weighted by Gasteiger charge is -2.08. The van der Waals surface area contributed by atoms with Gasteiger partial charge in [0, 0.05) is 30.4 Å². The number of nitrogens with two attached hydrogens (primary N) is 1. The fourth-order valence-corrected chi connectivity index (χ4v) is 1.79. The van der Waals surface area contributed by atoms with Gasteiger partial charge in [-0.2, -0.15) is 0 Å². The zero-order valence-electron chi connectivity index (χ0n) is 9.41. The van der Waals surface area contributed by atoms with E-state index in [1.165, 1.54) is 0 Å². The molecule has 1 heterocycles. The first-order chi connectivity index (χ1) is 8.25. The molecule has 0 fully saturated rings. The van der Waals surface area contributed by atoms with Crippen LogP contribution in [0.2, 0.25) is 5.02 Å². The zero-order valence-corrected chi connectivity index (χ0v) is 10.2. The lowest BCUT2D eigenvalue weighted by Crippen LogP contribution is -2.05. The van der Waals surface area contributed by atoms with Gasteiger partial charge in [0.25, 0.3) is 0 Å². The summed E-state index contributed by atoms with van der Waals surface area (Å²) in [4.78, 5) is 7.24. The van der Waals surface area contributed by atoms with Crippen LogP contribution in [-0.2, 0) is 6.42 Å². The highest BCUT2D eigenvalue weighted by molar-refractivity contribution is 6.31. The molecular formula is C12H15ClN4. The molecule has 0 bridgehead atoms. The molecular weight excluding hydrogens is 236 g/mol. The fraction of sp³-hybridized carbons (Fsp3) is 0.250. The maximum absolute atomic E-state index is 5.83. The van der Waals surface area contributed by atoms with Gasteiger partial charge in [-0.05, 0) is 24.6 Å². The van der Waals surface area contributed by atoms with Crippen LogP contribution in [0.3, 0.4) is 0 Å². The highest BCUT2D eigenvalue weighted by Gasteiger charge is 1.99. The predicted octanol–water partition coefficient (Wildman–Crippen LogP) is 2.69. The summed E-state index contributed by atoms with van der Waals surface area (Å²) in [5.74, 6) is 1.01. The van der Waals surface area contributed by atoms with Crippen LogP contribution in [0.15, 0.2) is 30.6 Å². The Balaban J connectivity index is 1.78. The summed E-state index contributed by atoms with van der Waals surface area (Å²) in [6, 6.07) is 5.47. The summed E-state index contributed by atoms with van der Waals surface area (Å²) >= 11 is 5.83. The Labute approximate surface area is 105 Å². The lowest BCUT2D eigenvalue weighted by atomic mass is 10.2. The molecule has 0 amide bonds. The van der Waals surface area contributed by atoms with Crippen molar-refractivity contribution in [3.05, 3.63) is 41.4 Å². The van der Waals surface area contributed by atoms with Crippen molar-refractivity contribution in [3.63, 3.8) is 0 Å². The van der Waals surface area contributed by atoms with E-state index in [0.717, 1.165) is 30.9 Å². The van der Waals surface area contributed by atoms with E-state index in [-0.39, 0.29) is 0 Å². The van der Waals surface area contributed by atoms with Crippen molar-refractivity contribution in [1.29, 1.82) is 0 Å². The van der Waals surface area contributed by atoms with Crippen molar-refractivity contribution in [3.8, 4) is 0 Å². The van der Waals surface area contributed by atoms with Crippen LogP contribution in [0.25, 0.3) is 0 Å². The number of halogens is 1. The summed E-state index contributed by atoms with van der Waals surface area (Å²) < 4.78 is 0. The third-order valence-electron chi connectivity index (χ3n) is 2.47. The minimum Gasteiger partial charge on any atom is -0.397 e. The van der Waals surface area contributed by atoms with Gasteiger partial charge in [-0.25, -0.2) is 4.98 Å². The first kappa shape index (κ1) is 11.8. The average Bonchev–Trinajstić information content (AvgIpc) is 2.79. The molecule has 1 aromatic heterocycles. The normalized spacial score (nSPS) is 10.4. The Kier molecular flexibility index (Phi) is 3.88. The summed E-state index contributed by atoms with van der Waals surface area (Å²) in [5, 5.41) is 3.93. The third-order valence-corrected chi connectivity index (χ3v) is 2.71. The smallest absolute Gasteiger partial charge is 0.106 e. The van der Waals surface area contributed by atoms with Crippen molar-refractivity contribution in [2.24, 2.45) is 0 Å². The van der Waals surface area contributed by atoms with Gasteiger partial charge in [-0.1, -0.05) is 11.6 Å². The monoisotopic (exact) mass is 250 g/mol. The summed E-state index contributed by atoms with van der Waals surface area (Å²) in [5.41, 5.74) is 7.43. The van der Waals surface area contributed by atoms with E-state index >= 15 is 0 Å². The molecule has 5 heteroatoms. The molecule has 2 rings (SSSR count). The van der Waals surface area contributed by atoms with Gasteiger partial charge in [-0.3, -0.25) is 0 Å². The highest BCUT2D eigenvalue weighted by Crippen LogP contribution is 2.22.